The first-order valence-electron chi connectivity index (χ1n) is 7.90. The molecule has 0 aliphatic heterocycles. The molecule has 0 aliphatic carbocycles. The van der Waals surface area contributed by atoms with Gasteiger partial charge in [0.15, 0.2) is 0 Å². The molecule has 25 heavy (non-hydrogen) atoms. The second-order valence-corrected chi connectivity index (χ2v) is 5.93. The molecule has 0 radical (unpaired) electrons. The standard InChI is InChI=1S/C18H17N7/c1-12-6-13(2)25-9-15(22-18(25)21-12)4-5-17-23-16(10-24(17)3)14-7-19-11-20-8-14/h4-11H,1-3H3. The summed E-state index contributed by atoms with van der Waals surface area (Å²) < 4.78 is 3.94. The lowest BCUT2D eigenvalue weighted by Crippen LogP contribution is -1.94. The van der Waals surface area contributed by atoms with Crippen molar-refractivity contribution in [2.75, 3.05) is 0 Å². The van der Waals surface area contributed by atoms with Gasteiger partial charge < -0.3 is 4.57 Å². The first-order chi connectivity index (χ1) is 12.1. The fraction of sp³-hybridized carbons (Fsp3) is 0.167. The first kappa shape index (κ1) is 15.2. The maximum atomic E-state index is 4.63. The third kappa shape index (κ3) is 2.91. The van der Waals surface area contributed by atoms with Crippen LogP contribution in [0.25, 0.3) is 29.2 Å². The van der Waals surface area contributed by atoms with E-state index in [2.05, 4.69) is 24.9 Å². The molecule has 4 rings (SSSR count). The summed E-state index contributed by atoms with van der Waals surface area (Å²) in [7, 11) is 1.96. The molecule has 0 unspecified atom stereocenters. The van der Waals surface area contributed by atoms with Crippen LogP contribution in [0.5, 0.6) is 0 Å². The molecule has 0 saturated carbocycles. The molecular formula is C18H17N7. The minimum Gasteiger partial charge on any atom is -0.334 e. The predicted octanol–water partition coefficient (Wildman–Crippen LogP) is 2.71. The highest BCUT2D eigenvalue weighted by molar-refractivity contribution is 5.68. The monoisotopic (exact) mass is 331 g/mol. The van der Waals surface area contributed by atoms with Crippen molar-refractivity contribution in [1.82, 2.24) is 33.9 Å². The molecule has 0 amide bonds. The Kier molecular flexibility index (Phi) is 3.61. The zero-order valence-corrected chi connectivity index (χ0v) is 14.2. The van der Waals surface area contributed by atoms with Crippen LogP contribution >= 0.6 is 0 Å². The number of aromatic nitrogens is 7. The second kappa shape index (κ2) is 5.94. The third-order valence-electron chi connectivity index (χ3n) is 3.95. The van der Waals surface area contributed by atoms with E-state index < -0.39 is 0 Å². The molecular weight excluding hydrogens is 314 g/mol. The molecule has 0 saturated heterocycles. The van der Waals surface area contributed by atoms with Crippen molar-refractivity contribution < 1.29 is 0 Å². The molecule has 7 heteroatoms. The topological polar surface area (TPSA) is 73.8 Å². The Hall–Kier alpha value is -3.35. The minimum absolute atomic E-state index is 0.708. The second-order valence-electron chi connectivity index (χ2n) is 5.93. The van der Waals surface area contributed by atoms with Crippen LogP contribution in [-0.4, -0.2) is 33.9 Å². The zero-order chi connectivity index (χ0) is 17.4. The summed E-state index contributed by atoms with van der Waals surface area (Å²) >= 11 is 0. The van der Waals surface area contributed by atoms with Gasteiger partial charge in [0.1, 0.15) is 12.2 Å². The maximum Gasteiger partial charge on any atom is 0.234 e. The first-order valence-corrected chi connectivity index (χ1v) is 7.90. The average Bonchev–Trinajstić information content (AvgIpc) is 3.17. The molecule has 0 atom stereocenters. The molecule has 4 aromatic heterocycles. The summed E-state index contributed by atoms with van der Waals surface area (Å²) in [5.41, 5.74) is 4.64. The van der Waals surface area contributed by atoms with E-state index in [0.29, 0.717) is 5.78 Å². The number of hydrogen-bond donors (Lipinski definition) is 0. The fourth-order valence-electron chi connectivity index (χ4n) is 2.73. The van der Waals surface area contributed by atoms with Crippen LogP contribution in [0, 0.1) is 13.8 Å². The van der Waals surface area contributed by atoms with Gasteiger partial charge in [-0.3, -0.25) is 4.40 Å². The van der Waals surface area contributed by atoms with E-state index in [-0.39, 0.29) is 0 Å². The lowest BCUT2D eigenvalue weighted by Gasteiger charge is -1.98. The van der Waals surface area contributed by atoms with Crippen LogP contribution in [0.2, 0.25) is 0 Å². The number of hydrogen-bond acceptors (Lipinski definition) is 5. The largest absolute Gasteiger partial charge is 0.334 e. The van der Waals surface area contributed by atoms with Crippen LogP contribution < -0.4 is 0 Å². The summed E-state index contributed by atoms with van der Waals surface area (Å²) in [5, 5.41) is 0. The van der Waals surface area contributed by atoms with E-state index in [0.717, 1.165) is 34.2 Å². The highest BCUT2D eigenvalue weighted by Gasteiger charge is 2.07. The lowest BCUT2D eigenvalue weighted by molar-refractivity contribution is 0.898. The van der Waals surface area contributed by atoms with Gasteiger partial charge in [0.05, 0.1) is 11.4 Å². The van der Waals surface area contributed by atoms with E-state index in [1.807, 2.05) is 60.5 Å². The highest BCUT2D eigenvalue weighted by Crippen LogP contribution is 2.17. The summed E-state index contributed by atoms with van der Waals surface area (Å²) in [6, 6.07) is 2.04. The average molecular weight is 331 g/mol. The van der Waals surface area contributed by atoms with Crippen LogP contribution in [0.3, 0.4) is 0 Å². The number of fused-ring (bicyclic) bond motifs is 1. The van der Waals surface area contributed by atoms with Crippen molar-refractivity contribution >= 4 is 17.9 Å². The van der Waals surface area contributed by atoms with Crippen molar-refractivity contribution in [3.05, 3.63) is 60.1 Å². The van der Waals surface area contributed by atoms with Crippen LogP contribution in [0.1, 0.15) is 22.9 Å². The van der Waals surface area contributed by atoms with Gasteiger partial charge >= 0.3 is 0 Å². The Morgan fingerprint density at radius 1 is 0.960 bits per heavy atom. The van der Waals surface area contributed by atoms with Gasteiger partial charge in [0.25, 0.3) is 0 Å². The summed E-state index contributed by atoms with van der Waals surface area (Å²) in [6.45, 7) is 4.02. The molecule has 124 valence electrons. The van der Waals surface area contributed by atoms with Crippen molar-refractivity contribution in [2.45, 2.75) is 13.8 Å². The van der Waals surface area contributed by atoms with Crippen LogP contribution in [0.15, 0.2) is 37.2 Å². The van der Waals surface area contributed by atoms with Gasteiger partial charge in [-0.15, -0.1) is 0 Å². The Balaban J connectivity index is 1.66. The van der Waals surface area contributed by atoms with Crippen molar-refractivity contribution in [3.8, 4) is 11.3 Å². The smallest absolute Gasteiger partial charge is 0.234 e. The molecule has 7 nitrogen and oxygen atoms in total. The summed E-state index contributed by atoms with van der Waals surface area (Å²) in [5.74, 6) is 1.54. The molecule has 0 aliphatic rings. The Morgan fingerprint density at radius 3 is 2.56 bits per heavy atom. The van der Waals surface area contributed by atoms with Gasteiger partial charge in [0, 0.05) is 48.8 Å². The van der Waals surface area contributed by atoms with Gasteiger partial charge in [-0.05, 0) is 32.1 Å². The van der Waals surface area contributed by atoms with Gasteiger partial charge in [0.2, 0.25) is 5.78 Å². The van der Waals surface area contributed by atoms with E-state index in [1.165, 1.54) is 6.33 Å². The minimum atomic E-state index is 0.708. The molecule has 4 aromatic rings. The Morgan fingerprint density at radius 2 is 1.76 bits per heavy atom. The van der Waals surface area contributed by atoms with E-state index in [1.54, 1.807) is 12.4 Å². The predicted molar refractivity (Wildman–Crippen MR) is 95.6 cm³/mol. The van der Waals surface area contributed by atoms with Gasteiger partial charge in [-0.1, -0.05) is 0 Å². The quantitative estimate of drug-likeness (QED) is 0.577. The highest BCUT2D eigenvalue weighted by atomic mass is 15.1. The van der Waals surface area contributed by atoms with Crippen LogP contribution in [0.4, 0.5) is 0 Å². The van der Waals surface area contributed by atoms with E-state index in [9.17, 15) is 0 Å². The van der Waals surface area contributed by atoms with Crippen molar-refractivity contribution in [3.63, 3.8) is 0 Å². The SMILES string of the molecule is Cc1cc(C)n2cc(C=Cc3nc(-c4cncnc4)cn3C)nc2n1. The normalized spacial score (nSPS) is 11.6. The Bertz CT molecular complexity index is 1070. The van der Waals surface area contributed by atoms with Crippen molar-refractivity contribution in [1.29, 1.82) is 0 Å². The molecule has 0 bridgehead atoms. The van der Waals surface area contributed by atoms with Crippen molar-refractivity contribution in [2.24, 2.45) is 7.05 Å². The molecule has 0 aromatic carbocycles. The number of rotatable bonds is 3. The van der Waals surface area contributed by atoms with Gasteiger partial charge in [-0.2, -0.15) is 0 Å². The molecule has 0 N–H and O–H groups in total. The molecule has 0 fully saturated rings. The van der Waals surface area contributed by atoms with E-state index >= 15 is 0 Å². The van der Waals surface area contributed by atoms with Crippen LogP contribution in [-0.2, 0) is 7.05 Å². The molecule has 4 heterocycles. The number of aryl methyl sites for hydroxylation is 3. The number of imidazole rings is 2. The van der Waals surface area contributed by atoms with Gasteiger partial charge in [-0.25, -0.2) is 24.9 Å². The lowest BCUT2D eigenvalue weighted by atomic mass is 10.3. The summed E-state index contributed by atoms with van der Waals surface area (Å²) in [4.78, 5) is 21.7. The summed E-state index contributed by atoms with van der Waals surface area (Å²) in [6.07, 6.45) is 12.8. The number of nitrogens with zero attached hydrogens (tertiary/aromatic N) is 7. The zero-order valence-electron chi connectivity index (χ0n) is 14.2. The maximum absolute atomic E-state index is 4.63. The molecule has 0 spiro atoms. The fourth-order valence-corrected chi connectivity index (χ4v) is 2.73. The van der Waals surface area contributed by atoms with E-state index in [4.69, 9.17) is 0 Å². The third-order valence-corrected chi connectivity index (χ3v) is 3.95. The Labute approximate surface area is 144 Å².